The minimum atomic E-state index is -1.37. The SMILES string of the molecule is Cc1nc(C(=O)O)c(OCc2ccccc2)c(=O)n1CC(=NO)c1ccc(-c2ccccc2)cc1. The number of carboxylic acid groups (broad SMARTS) is 1. The molecule has 4 aromatic rings. The number of rotatable bonds is 8. The van der Waals surface area contributed by atoms with Crippen LogP contribution in [0.5, 0.6) is 5.75 Å². The van der Waals surface area contributed by atoms with Crippen LogP contribution in [0.2, 0.25) is 0 Å². The summed E-state index contributed by atoms with van der Waals surface area (Å²) in [6.07, 6.45) is 0. The van der Waals surface area contributed by atoms with Gasteiger partial charge < -0.3 is 15.1 Å². The zero-order valence-corrected chi connectivity index (χ0v) is 19.0. The molecule has 8 heteroatoms. The second-order valence-corrected chi connectivity index (χ2v) is 7.80. The molecule has 35 heavy (non-hydrogen) atoms. The maximum atomic E-state index is 13.3. The molecule has 0 atom stereocenters. The number of aryl methyl sites for hydroxylation is 1. The van der Waals surface area contributed by atoms with E-state index in [1.807, 2.05) is 60.7 Å². The molecule has 0 unspecified atom stereocenters. The van der Waals surface area contributed by atoms with Crippen molar-refractivity contribution < 1.29 is 19.8 Å². The number of carboxylic acids is 1. The van der Waals surface area contributed by atoms with Gasteiger partial charge in [0.15, 0.2) is 5.69 Å². The number of nitrogens with zero attached hydrogens (tertiary/aromatic N) is 3. The third-order valence-corrected chi connectivity index (χ3v) is 5.50. The van der Waals surface area contributed by atoms with E-state index in [2.05, 4.69) is 10.1 Å². The van der Waals surface area contributed by atoms with Gasteiger partial charge in [0.1, 0.15) is 18.1 Å². The first-order valence-corrected chi connectivity index (χ1v) is 10.9. The van der Waals surface area contributed by atoms with Crippen molar-refractivity contribution in [2.75, 3.05) is 0 Å². The van der Waals surface area contributed by atoms with Gasteiger partial charge in [0.2, 0.25) is 5.75 Å². The van der Waals surface area contributed by atoms with Crippen LogP contribution in [0.1, 0.15) is 27.4 Å². The Morgan fingerprint density at radius 1 is 0.943 bits per heavy atom. The molecule has 0 saturated heterocycles. The number of hydrogen-bond donors (Lipinski definition) is 2. The summed E-state index contributed by atoms with van der Waals surface area (Å²) in [7, 11) is 0. The van der Waals surface area contributed by atoms with Crippen LogP contribution in [0, 0.1) is 6.92 Å². The lowest BCUT2D eigenvalue weighted by Crippen LogP contribution is -2.31. The third-order valence-electron chi connectivity index (χ3n) is 5.50. The zero-order valence-electron chi connectivity index (χ0n) is 19.0. The Morgan fingerprint density at radius 3 is 2.14 bits per heavy atom. The van der Waals surface area contributed by atoms with E-state index in [-0.39, 0.29) is 30.4 Å². The van der Waals surface area contributed by atoms with Crippen molar-refractivity contribution in [3.63, 3.8) is 0 Å². The monoisotopic (exact) mass is 469 g/mol. The summed E-state index contributed by atoms with van der Waals surface area (Å²) in [5.41, 5.74) is 2.49. The van der Waals surface area contributed by atoms with Crippen molar-refractivity contribution in [2.24, 2.45) is 5.16 Å². The fourth-order valence-electron chi connectivity index (χ4n) is 3.65. The van der Waals surface area contributed by atoms with Gasteiger partial charge >= 0.3 is 5.97 Å². The largest absolute Gasteiger partial charge is 0.481 e. The lowest BCUT2D eigenvalue weighted by Gasteiger charge is -2.15. The average molecular weight is 469 g/mol. The number of hydrogen-bond acceptors (Lipinski definition) is 6. The Kier molecular flexibility index (Phi) is 7.02. The first kappa shape index (κ1) is 23.4. The van der Waals surface area contributed by atoms with Crippen molar-refractivity contribution in [3.8, 4) is 16.9 Å². The number of oxime groups is 1. The fourth-order valence-corrected chi connectivity index (χ4v) is 3.65. The van der Waals surface area contributed by atoms with Crippen LogP contribution < -0.4 is 10.3 Å². The highest BCUT2D eigenvalue weighted by Gasteiger charge is 2.22. The molecule has 0 aliphatic rings. The van der Waals surface area contributed by atoms with Crippen LogP contribution in [0.4, 0.5) is 0 Å². The van der Waals surface area contributed by atoms with Gasteiger partial charge in [-0.1, -0.05) is 90.1 Å². The summed E-state index contributed by atoms with van der Waals surface area (Å²) in [5.74, 6) is -1.59. The predicted molar refractivity (Wildman–Crippen MR) is 131 cm³/mol. The van der Waals surface area contributed by atoms with Crippen LogP contribution in [-0.2, 0) is 13.2 Å². The van der Waals surface area contributed by atoms with Gasteiger partial charge in [-0.05, 0) is 23.6 Å². The van der Waals surface area contributed by atoms with Crippen LogP contribution in [-0.4, -0.2) is 31.5 Å². The van der Waals surface area contributed by atoms with Gasteiger partial charge in [0.25, 0.3) is 5.56 Å². The number of carbonyl (C=O) groups is 1. The third kappa shape index (κ3) is 5.27. The molecule has 0 aliphatic heterocycles. The Labute approximate surface area is 201 Å². The highest BCUT2D eigenvalue weighted by molar-refractivity contribution is 6.00. The van der Waals surface area contributed by atoms with Crippen LogP contribution >= 0.6 is 0 Å². The molecule has 1 aromatic heterocycles. The first-order valence-electron chi connectivity index (χ1n) is 10.9. The highest BCUT2D eigenvalue weighted by Crippen LogP contribution is 2.20. The molecule has 176 valence electrons. The predicted octanol–water partition coefficient (Wildman–Crippen LogP) is 4.37. The summed E-state index contributed by atoms with van der Waals surface area (Å²) >= 11 is 0. The summed E-state index contributed by atoms with van der Waals surface area (Å²) < 4.78 is 6.85. The van der Waals surface area contributed by atoms with E-state index in [1.54, 1.807) is 24.3 Å². The Balaban J connectivity index is 1.64. The molecule has 0 spiro atoms. The molecular formula is C27H23N3O5. The molecule has 0 amide bonds. The number of ether oxygens (including phenoxy) is 1. The molecular weight excluding hydrogens is 446 g/mol. The topological polar surface area (TPSA) is 114 Å². The van der Waals surface area contributed by atoms with Crippen molar-refractivity contribution in [3.05, 3.63) is 118 Å². The normalized spacial score (nSPS) is 11.3. The van der Waals surface area contributed by atoms with E-state index in [0.717, 1.165) is 16.7 Å². The van der Waals surface area contributed by atoms with Crippen molar-refractivity contribution in [1.82, 2.24) is 9.55 Å². The van der Waals surface area contributed by atoms with Gasteiger partial charge in [-0.25, -0.2) is 9.78 Å². The van der Waals surface area contributed by atoms with Crippen molar-refractivity contribution in [2.45, 2.75) is 20.1 Å². The summed E-state index contributed by atoms with van der Waals surface area (Å²) in [6.45, 7) is 1.39. The van der Waals surface area contributed by atoms with E-state index in [9.17, 15) is 19.9 Å². The van der Waals surface area contributed by atoms with E-state index < -0.39 is 17.2 Å². The Hall–Kier alpha value is -4.72. The summed E-state index contributed by atoms with van der Waals surface area (Å²) in [5, 5.41) is 22.7. The Bertz CT molecular complexity index is 1410. The fraction of sp³-hybridized carbons (Fsp3) is 0.111. The molecule has 0 bridgehead atoms. The summed E-state index contributed by atoms with van der Waals surface area (Å²) in [4.78, 5) is 29.1. The van der Waals surface area contributed by atoms with Gasteiger partial charge in [-0.15, -0.1) is 0 Å². The van der Waals surface area contributed by atoms with Crippen molar-refractivity contribution in [1.29, 1.82) is 0 Å². The van der Waals surface area contributed by atoms with Gasteiger partial charge in [-0.3, -0.25) is 9.36 Å². The maximum Gasteiger partial charge on any atom is 0.358 e. The van der Waals surface area contributed by atoms with E-state index in [1.165, 1.54) is 11.5 Å². The lowest BCUT2D eigenvalue weighted by atomic mass is 10.0. The lowest BCUT2D eigenvalue weighted by molar-refractivity contribution is 0.0683. The molecule has 0 fully saturated rings. The molecule has 0 radical (unpaired) electrons. The van der Waals surface area contributed by atoms with Gasteiger partial charge in [0, 0.05) is 5.56 Å². The smallest absolute Gasteiger partial charge is 0.358 e. The molecule has 2 N–H and O–H groups in total. The van der Waals surface area contributed by atoms with Gasteiger partial charge in [0.05, 0.1) is 6.54 Å². The Morgan fingerprint density at radius 2 is 1.54 bits per heavy atom. The minimum absolute atomic E-state index is 0.00297. The maximum absolute atomic E-state index is 13.3. The quantitative estimate of drug-likeness (QED) is 0.225. The van der Waals surface area contributed by atoms with Crippen LogP contribution in [0.25, 0.3) is 11.1 Å². The second-order valence-electron chi connectivity index (χ2n) is 7.80. The van der Waals surface area contributed by atoms with Crippen LogP contribution in [0.3, 0.4) is 0 Å². The van der Waals surface area contributed by atoms with Crippen molar-refractivity contribution >= 4 is 11.7 Å². The number of aromatic carboxylic acids is 1. The summed E-state index contributed by atoms with van der Waals surface area (Å²) in [6, 6.07) is 26.3. The molecule has 3 aromatic carbocycles. The van der Waals surface area contributed by atoms with Gasteiger partial charge in [-0.2, -0.15) is 0 Å². The highest BCUT2D eigenvalue weighted by atomic mass is 16.5. The number of benzene rings is 3. The standard InChI is InChI=1S/C27H23N3O5/c1-18-28-24(27(32)33)25(35-17-19-8-4-2-5-9-19)26(31)30(18)16-23(29-34)22-14-12-21(13-15-22)20-10-6-3-7-11-20/h2-15,34H,16-17H2,1H3,(H,32,33). The molecule has 0 aliphatic carbocycles. The number of aromatic nitrogens is 2. The van der Waals surface area contributed by atoms with E-state index in [4.69, 9.17) is 4.74 Å². The molecule has 8 nitrogen and oxygen atoms in total. The van der Waals surface area contributed by atoms with E-state index in [0.29, 0.717) is 5.56 Å². The molecule has 4 rings (SSSR count). The zero-order chi connectivity index (χ0) is 24.8. The van der Waals surface area contributed by atoms with E-state index >= 15 is 0 Å². The minimum Gasteiger partial charge on any atom is -0.481 e. The average Bonchev–Trinajstić information content (AvgIpc) is 2.89. The first-order chi connectivity index (χ1) is 17.0. The molecule has 0 saturated carbocycles. The second kappa shape index (κ2) is 10.5. The van der Waals surface area contributed by atoms with Crippen LogP contribution in [0.15, 0.2) is 94.9 Å². The molecule has 1 heterocycles.